The second-order valence-electron chi connectivity index (χ2n) is 6.98. The predicted molar refractivity (Wildman–Crippen MR) is 116 cm³/mol. The summed E-state index contributed by atoms with van der Waals surface area (Å²) in [6.45, 7) is 0. The number of nitrogens with one attached hydrogen (secondary N) is 3. The Kier molecular flexibility index (Phi) is 5.37. The van der Waals surface area contributed by atoms with Gasteiger partial charge in [0.15, 0.2) is 0 Å². The van der Waals surface area contributed by atoms with E-state index in [0.29, 0.717) is 11.1 Å². The zero-order valence-electron chi connectivity index (χ0n) is 16.8. The van der Waals surface area contributed by atoms with Crippen molar-refractivity contribution < 1.29 is 19.2 Å². The molecule has 3 N–H and O–H groups in total. The van der Waals surface area contributed by atoms with Crippen LogP contribution in [-0.4, -0.2) is 23.6 Å². The van der Waals surface area contributed by atoms with Crippen molar-refractivity contribution in [1.29, 1.82) is 10.5 Å². The van der Waals surface area contributed by atoms with Gasteiger partial charge in [0, 0.05) is 11.1 Å². The smallest absolute Gasteiger partial charge is 0.261 e. The Hall–Kier alpha value is -5.28. The number of hydrogen-bond acceptors (Lipinski definition) is 6. The van der Waals surface area contributed by atoms with Crippen molar-refractivity contribution in [2.45, 2.75) is 0 Å². The molecule has 1 aliphatic heterocycles. The highest BCUT2D eigenvalue weighted by atomic mass is 16.2. The van der Waals surface area contributed by atoms with E-state index in [1.54, 1.807) is 0 Å². The van der Waals surface area contributed by atoms with E-state index in [1.165, 1.54) is 60.7 Å². The molecule has 1 aliphatic rings. The van der Waals surface area contributed by atoms with Gasteiger partial charge in [-0.3, -0.25) is 24.5 Å². The third-order valence-electron chi connectivity index (χ3n) is 4.94. The molecule has 0 unspecified atom stereocenters. The van der Waals surface area contributed by atoms with Crippen LogP contribution in [0.1, 0.15) is 52.6 Å². The molecule has 0 bridgehead atoms. The van der Waals surface area contributed by atoms with Crippen LogP contribution < -0.4 is 16.0 Å². The minimum atomic E-state index is -0.709. The Morgan fingerprint density at radius 2 is 1.00 bits per heavy atom. The molecule has 9 heteroatoms. The van der Waals surface area contributed by atoms with E-state index in [9.17, 15) is 19.2 Å². The van der Waals surface area contributed by atoms with Crippen LogP contribution in [0.25, 0.3) is 0 Å². The Balaban J connectivity index is 1.63. The van der Waals surface area contributed by atoms with Crippen molar-refractivity contribution in [1.82, 2.24) is 5.32 Å². The lowest BCUT2D eigenvalue weighted by Gasteiger charge is -2.13. The van der Waals surface area contributed by atoms with Crippen LogP contribution >= 0.6 is 0 Å². The molecule has 9 nitrogen and oxygen atoms in total. The molecule has 3 aromatic carbocycles. The summed E-state index contributed by atoms with van der Waals surface area (Å²) >= 11 is 0. The van der Waals surface area contributed by atoms with Gasteiger partial charge < -0.3 is 10.6 Å². The number of carbonyl (C=O) groups excluding carboxylic acids is 4. The summed E-state index contributed by atoms with van der Waals surface area (Å²) in [6.07, 6.45) is 0. The molecule has 0 saturated carbocycles. The van der Waals surface area contributed by atoms with Crippen LogP contribution in [0.5, 0.6) is 0 Å². The molecule has 0 fully saturated rings. The summed E-state index contributed by atoms with van der Waals surface area (Å²) in [6, 6.07) is 18.5. The van der Waals surface area contributed by atoms with Gasteiger partial charge in [0.05, 0.1) is 45.8 Å². The molecule has 0 atom stereocenters. The lowest BCUT2D eigenvalue weighted by molar-refractivity contribution is 0.0879. The molecule has 1 heterocycles. The number of nitrogens with zero attached hydrogens (tertiary/aromatic N) is 2. The topological polar surface area (TPSA) is 152 Å². The fourth-order valence-corrected chi connectivity index (χ4v) is 3.29. The van der Waals surface area contributed by atoms with E-state index >= 15 is 0 Å². The van der Waals surface area contributed by atoms with Crippen LogP contribution in [0, 0.1) is 22.7 Å². The maximum Gasteiger partial charge on any atom is 0.261 e. The van der Waals surface area contributed by atoms with E-state index in [2.05, 4.69) is 16.0 Å². The summed E-state index contributed by atoms with van der Waals surface area (Å²) in [4.78, 5) is 50.0. The highest BCUT2D eigenvalue weighted by molar-refractivity contribution is 6.28. The normalized spacial score (nSPS) is 11.6. The molecule has 0 saturated heterocycles. The molecule has 3 aromatic rings. The SMILES string of the molecule is N#Cc1ccc(C(=O)Nc2ccc(NC(=O)c3ccc(C#N)cc3)c3c2C(=O)NC3=O)cc1. The van der Waals surface area contributed by atoms with E-state index in [-0.39, 0.29) is 33.6 Å². The summed E-state index contributed by atoms with van der Waals surface area (Å²) in [7, 11) is 0. The van der Waals surface area contributed by atoms with Crippen molar-refractivity contribution in [3.05, 3.63) is 94.0 Å². The van der Waals surface area contributed by atoms with E-state index < -0.39 is 23.6 Å². The fraction of sp³-hybridized carbons (Fsp3) is 0. The van der Waals surface area contributed by atoms with Crippen molar-refractivity contribution in [2.24, 2.45) is 0 Å². The zero-order valence-corrected chi connectivity index (χ0v) is 16.8. The van der Waals surface area contributed by atoms with Gasteiger partial charge in [0.25, 0.3) is 23.6 Å². The number of fused-ring (bicyclic) bond motifs is 1. The highest BCUT2D eigenvalue weighted by Gasteiger charge is 2.33. The highest BCUT2D eigenvalue weighted by Crippen LogP contribution is 2.31. The second-order valence-corrected chi connectivity index (χ2v) is 6.98. The molecule has 33 heavy (non-hydrogen) atoms. The molecule has 0 spiro atoms. The minimum absolute atomic E-state index is 0.0698. The van der Waals surface area contributed by atoms with Gasteiger partial charge in [-0.2, -0.15) is 10.5 Å². The van der Waals surface area contributed by atoms with Gasteiger partial charge in [-0.1, -0.05) is 0 Å². The van der Waals surface area contributed by atoms with Gasteiger partial charge in [-0.25, -0.2) is 0 Å². The maximum absolute atomic E-state index is 12.6. The van der Waals surface area contributed by atoms with Crippen molar-refractivity contribution in [2.75, 3.05) is 10.6 Å². The first-order chi connectivity index (χ1) is 15.9. The molecular formula is C24H13N5O4. The first kappa shape index (κ1) is 21.0. The zero-order chi connectivity index (χ0) is 23.5. The first-order valence-corrected chi connectivity index (χ1v) is 9.57. The Bertz CT molecular complexity index is 1300. The average Bonchev–Trinajstić information content (AvgIpc) is 3.15. The third kappa shape index (κ3) is 4.02. The summed E-state index contributed by atoms with van der Waals surface area (Å²) in [5.41, 5.74) is 1.34. The van der Waals surface area contributed by atoms with Crippen molar-refractivity contribution >= 4 is 35.0 Å². The number of nitriles is 2. The van der Waals surface area contributed by atoms with Crippen LogP contribution in [0.2, 0.25) is 0 Å². The predicted octanol–water partition coefficient (Wildman–Crippen LogP) is 2.82. The molecule has 0 radical (unpaired) electrons. The van der Waals surface area contributed by atoms with Gasteiger partial charge in [0.1, 0.15) is 0 Å². The monoisotopic (exact) mass is 435 g/mol. The van der Waals surface area contributed by atoms with Crippen LogP contribution in [0.3, 0.4) is 0 Å². The number of benzene rings is 3. The second kappa shape index (κ2) is 8.46. The Morgan fingerprint density at radius 1 is 0.636 bits per heavy atom. The number of carbonyl (C=O) groups is 4. The number of imide groups is 1. The van der Waals surface area contributed by atoms with Crippen LogP contribution in [-0.2, 0) is 0 Å². The van der Waals surface area contributed by atoms with Crippen molar-refractivity contribution in [3.8, 4) is 12.1 Å². The molecule has 4 amide bonds. The number of anilines is 2. The van der Waals surface area contributed by atoms with Crippen LogP contribution in [0.4, 0.5) is 11.4 Å². The molecule has 0 aliphatic carbocycles. The molecular weight excluding hydrogens is 422 g/mol. The van der Waals surface area contributed by atoms with Gasteiger partial charge >= 0.3 is 0 Å². The van der Waals surface area contributed by atoms with Gasteiger partial charge in [-0.15, -0.1) is 0 Å². The van der Waals surface area contributed by atoms with Crippen LogP contribution in [0.15, 0.2) is 60.7 Å². The molecule has 0 aromatic heterocycles. The Morgan fingerprint density at radius 3 is 1.33 bits per heavy atom. The number of amides is 4. The standard InChI is InChI=1S/C24H13N5O4/c25-11-13-1-5-15(6-2-13)21(30)27-17-9-10-18(20-19(17)23(32)29-24(20)33)28-22(31)16-7-3-14(12-26)4-8-16/h1-10H,(H,27,30)(H,28,31)(H,29,32,33). The summed E-state index contributed by atoms with van der Waals surface area (Å²) in [5.74, 6) is -2.49. The number of hydrogen-bond donors (Lipinski definition) is 3. The Labute approximate surface area is 187 Å². The fourth-order valence-electron chi connectivity index (χ4n) is 3.29. The third-order valence-corrected chi connectivity index (χ3v) is 4.94. The number of rotatable bonds is 4. The summed E-state index contributed by atoms with van der Waals surface area (Å²) in [5, 5.41) is 25.1. The van der Waals surface area contributed by atoms with E-state index in [1.807, 2.05) is 12.1 Å². The van der Waals surface area contributed by atoms with E-state index in [4.69, 9.17) is 10.5 Å². The lowest BCUT2D eigenvalue weighted by Crippen LogP contribution is -2.21. The van der Waals surface area contributed by atoms with Gasteiger partial charge in [0.2, 0.25) is 0 Å². The first-order valence-electron chi connectivity index (χ1n) is 9.57. The lowest BCUT2D eigenvalue weighted by atomic mass is 10.0. The average molecular weight is 435 g/mol. The quantitative estimate of drug-likeness (QED) is 0.536. The molecule has 158 valence electrons. The van der Waals surface area contributed by atoms with E-state index in [0.717, 1.165) is 0 Å². The minimum Gasteiger partial charge on any atom is -0.321 e. The van der Waals surface area contributed by atoms with Crippen molar-refractivity contribution in [3.63, 3.8) is 0 Å². The summed E-state index contributed by atoms with van der Waals surface area (Å²) < 4.78 is 0. The van der Waals surface area contributed by atoms with Gasteiger partial charge in [-0.05, 0) is 60.7 Å². The maximum atomic E-state index is 12.6. The molecule has 4 rings (SSSR count). The largest absolute Gasteiger partial charge is 0.321 e.